The molecule has 1 aromatic heterocycles. The molecule has 10 heteroatoms. The first kappa shape index (κ1) is 16.2. The van der Waals surface area contributed by atoms with Crippen molar-refractivity contribution in [2.45, 2.75) is 6.42 Å². The van der Waals surface area contributed by atoms with E-state index in [1.54, 1.807) is 12.0 Å². The molecule has 0 atom stereocenters. The lowest BCUT2D eigenvalue weighted by Crippen LogP contribution is -2.37. The van der Waals surface area contributed by atoms with Crippen LogP contribution in [0.25, 0.3) is 0 Å². The van der Waals surface area contributed by atoms with Gasteiger partial charge in [-0.25, -0.2) is 0 Å². The molecule has 0 bridgehead atoms. The van der Waals surface area contributed by atoms with Crippen LogP contribution in [0.15, 0.2) is 0 Å². The van der Waals surface area contributed by atoms with Crippen molar-refractivity contribution >= 4 is 23.3 Å². The fourth-order valence-corrected chi connectivity index (χ4v) is 2.13. The number of hydrogen-bond acceptors (Lipinski definition) is 9. The van der Waals surface area contributed by atoms with Crippen LogP contribution in [0.2, 0.25) is 0 Å². The highest BCUT2D eigenvalue weighted by Gasteiger charge is 2.28. The van der Waals surface area contributed by atoms with Crippen LogP contribution in [0, 0.1) is 10.1 Å². The van der Waals surface area contributed by atoms with Crippen LogP contribution in [-0.2, 0) is 9.47 Å². The van der Waals surface area contributed by atoms with Gasteiger partial charge < -0.3 is 25.4 Å². The Morgan fingerprint density at radius 1 is 1.45 bits per heavy atom. The summed E-state index contributed by atoms with van der Waals surface area (Å²) in [4.78, 5) is 20.7. The van der Waals surface area contributed by atoms with E-state index in [1.165, 1.54) is 0 Å². The smallest absolute Gasteiger partial charge is 0.353 e. The summed E-state index contributed by atoms with van der Waals surface area (Å²) in [5, 5.41) is 14.2. The van der Waals surface area contributed by atoms with Gasteiger partial charge in [-0.2, -0.15) is 9.97 Å². The van der Waals surface area contributed by atoms with Crippen molar-refractivity contribution in [2.24, 2.45) is 0 Å². The topological polar surface area (TPSA) is 129 Å². The maximum atomic E-state index is 11.2. The summed E-state index contributed by atoms with van der Waals surface area (Å²) in [5.41, 5.74) is 5.48. The Morgan fingerprint density at radius 2 is 2.18 bits per heavy atom. The number of morpholine rings is 1. The van der Waals surface area contributed by atoms with Gasteiger partial charge in [-0.1, -0.05) is 0 Å². The Kier molecular flexibility index (Phi) is 5.67. The van der Waals surface area contributed by atoms with E-state index >= 15 is 0 Å². The molecule has 0 spiro atoms. The quantitative estimate of drug-likeness (QED) is 0.413. The van der Waals surface area contributed by atoms with Crippen LogP contribution in [0.4, 0.5) is 23.3 Å². The lowest BCUT2D eigenvalue weighted by Gasteiger charge is -2.27. The van der Waals surface area contributed by atoms with Gasteiger partial charge in [0.05, 0.1) is 18.1 Å². The summed E-state index contributed by atoms with van der Waals surface area (Å²) in [6, 6.07) is 0. The van der Waals surface area contributed by atoms with Crippen molar-refractivity contribution in [3.63, 3.8) is 0 Å². The van der Waals surface area contributed by atoms with Crippen molar-refractivity contribution in [1.29, 1.82) is 0 Å². The second-order valence-corrected chi connectivity index (χ2v) is 4.73. The Hall–Kier alpha value is -2.20. The highest BCUT2D eigenvalue weighted by Crippen LogP contribution is 2.32. The summed E-state index contributed by atoms with van der Waals surface area (Å²) in [6.45, 7) is 3.25. The first-order valence-corrected chi connectivity index (χ1v) is 7.01. The number of aromatic nitrogens is 2. The maximum absolute atomic E-state index is 11.2. The third-order valence-corrected chi connectivity index (χ3v) is 3.19. The van der Waals surface area contributed by atoms with Crippen LogP contribution in [0.1, 0.15) is 6.42 Å². The predicted octanol–water partition coefficient (Wildman–Crippen LogP) is 0.252. The zero-order valence-electron chi connectivity index (χ0n) is 12.4. The average Bonchev–Trinajstić information content (AvgIpc) is 2.51. The highest BCUT2D eigenvalue weighted by molar-refractivity contribution is 5.71. The molecule has 2 heterocycles. The van der Waals surface area contributed by atoms with Crippen molar-refractivity contribution in [3.8, 4) is 0 Å². The molecule has 0 unspecified atom stereocenters. The van der Waals surface area contributed by atoms with E-state index in [9.17, 15) is 10.1 Å². The summed E-state index contributed by atoms with van der Waals surface area (Å²) in [5.74, 6) is 0.367. The van der Waals surface area contributed by atoms with Gasteiger partial charge in [0.25, 0.3) is 0 Å². The number of ether oxygens (including phenoxy) is 2. The largest absolute Gasteiger partial charge is 0.385 e. The number of nitrogens with zero attached hydrogens (tertiary/aromatic N) is 4. The Balaban J connectivity index is 2.22. The van der Waals surface area contributed by atoms with Gasteiger partial charge in [0.2, 0.25) is 17.6 Å². The molecule has 0 aromatic carbocycles. The first-order valence-electron chi connectivity index (χ1n) is 7.01. The van der Waals surface area contributed by atoms with E-state index in [4.69, 9.17) is 15.2 Å². The van der Waals surface area contributed by atoms with Crippen LogP contribution < -0.4 is 16.0 Å². The minimum Gasteiger partial charge on any atom is -0.385 e. The van der Waals surface area contributed by atoms with Gasteiger partial charge in [-0.15, -0.1) is 0 Å². The number of rotatable bonds is 7. The number of nitrogens with one attached hydrogen (secondary N) is 1. The molecular formula is C12H20N6O4. The minimum atomic E-state index is -0.547. The molecule has 22 heavy (non-hydrogen) atoms. The average molecular weight is 312 g/mol. The van der Waals surface area contributed by atoms with Gasteiger partial charge in [0.15, 0.2) is 0 Å². The normalized spacial score (nSPS) is 14.9. The van der Waals surface area contributed by atoms with Crippen molar-refractivity contribution in [3.05, 3.63) is 10.1 Å². The van der Waals surface area contributed by atoms with Gasteiger partial charge in [-0.05, 0) is 6.42 Å². The van der Waals surface area contributed by atoms with E-state index in [2.05, 4.69) is 15.3 Å². The van der Waals surface area contributed by atoms with Gasteiger partial charge in [-0.3, -0.25) is 10.1 Å². The SMILES string of the molecule is COCCCNc1nc(N)c([N+](=O)[O-])c(N2CCOCC2)n1. The number of nitro groups is 1. The Bertz CT molecular complexity index is 521. The van der Waals surface area contributed by atoms with Crippen molar-refractivity contribution in [1.82, 2.24) is 9.97 Å². The Labute approximate surface area is 127 Å². The molecule has 1 aromatic rings. The van der Waals surface area contributed by atoms with Gasteiger partial charge in [0.1, 0.15) is 0 Å². The third-order valence-electron chi connectivity index (χ3n) is 3.19. The molecule has 1 fully saturated rings. The molecule has 10 nitrogen and oxygen atoms in total. The molecule has 0 radical (unpaired) electrons. The van der Waals surface area contributed by atoms with Crippen LogP contribution in [0.3, 0.4) is 0 Å². The second kappa shape index (κ2) is 7.71. The summed E-state index contributed by atoms with van der Waals surface area (Å²) >= 11 is 0. The minimum absolute atomic E-state index is 0.143. The molecular weight excluding hydrogens is 292 g/mol. The summed E-state index contributed by atoms with van der Waals surface area (Å²) in [6.07, 6.45) is 0.767. The summed E-state index contributed by atoms with van der Waals surface area (Å²) < 4.78 is 10.2. The molecule has 1 aliphatic rings. The van der Waals surface area contributed by atoms with Gasteiger partial charge in [0, 0.05) is 33.4 Å². The zero-order valence-corrected chi connectivity index (χ0v) is 12.4. The fraction of sp³-hybridized carbons (Fsp3) is 0.667. The molecule has 0 aliphatic carbocycles. The van der Waals surface area contributed by atoms with Crippen LogP contribution >= 0.6 is 0 Å². The predicted molar refractivity (Wildman–Crippen MR) is 81.1 cm³/mol. The number of nitrogens with two attached hydrogens (primary N) is 1. The summed E-state index contributed by atoms with van der Waals surface area (Å²) in [7, 11) is 1.62. The second-order valence-electron chi connectivity index (χ2n) is 4.73. The highest BCUT2D eigenvalue weighted by atomic mass is 16.6. The third kappa shape index (κ3) is 3.92. The molecule has 1 saturated heterocycles. The number of methoxy groups -OCH3 is 1. The molecule has 0 saturated carbocycles. The molecule has 2 rings (SSSR count). The van der Waals surface area contributed by atoms with E-state index in [1.807, 2.05) is 0 Å². The molecule has 122 valence electrons. The lowest BCUT2D eigenvalue weighted by atomic mass is 10.3. The number of hydrogen-bond donors (Lipinski definition) is 2. The standard InChI is InChI=1S/C12H20N6O4/c1-21-6-2-3-14-12-15-10(13)9(18(19)20)11(16-12)17-4-7-22-8-5-17/h2-8H2,1H3,(H3,13,14,15,16). The first-order chi connectivity index (χ1) is 10.6. The number of nitrogen functional groups attached to an aromatic ring is 1. The van der Waals surface area contributed by atoms with Crippen LogP contribution in [-0.4, -0.2) is 61.5 Å². The fourth-order valence-electron chi connectivity index (χ4n) is 2.13. The van der Waals surface area contributed by atoms with Crippen molar-refractivity contribution in [2.75, 3.05) is 62.5 Å². The molecule has 1 aliphatic heterocycles. The number of anilines is 3. The van der Waals surface area contributed by atoms with E-state index < -0.39 is 4.92 Å². The van der Waals surface area contributed by atoms with Crippen LogP contribution in [0.5, 0.6) is 0 Å². The van der Waals surface area contributed by atoms with Crippen molar-refractivity contribution < 1.29 is 14.4 Å². The monoisotopic (exact) mass is 312 g/mol. The maximum Gasteiger partial charge on any atom is 0.353 e. The van der Waals surface area contributed by atoms with E-state index in [0.717, 1.165) is 6.42 Å². The van der Waals surface area contributed by atoms with Gasteiger partial charge >= 0.3 is 5.69 Å². The molecule has 3 N–H and O–H groups in total. The molecule has 0 amide bonds. The Morgan fingerprint density at radius 3 is 2.82 bits per heavy atom. The zero-order chi connectivity index (χ0) is 15.9. The lowest BCUT2D eigenvalue weighted by molar-refractivity contribution is -0.383. The van der Waals surface area contributed by atoms with E-state index in [-0.39, 0.29) is 23.3 Å². The van der Waals surface area contributed by atoms with E-state index in [0.29, 0.717) is 39.5 Å².